The zero-order chi connectivity index (χ0) is 11.8. The number of aliphatic carboxylic acids is 1. The molecule has 0 bridgehead atoms. The second-order valence-electron chi connectivity index (χ2n) is 3.83. The number of hydrogen-bond donors (Lipinski definition) is 3. The van der Waals surface area contributed by atoms with Crippen molar-refractivity contribution in [3.05, 3.63) is 0 Å². The van der Waals surface area contributed by atoms with Gasteiger partial charge in [-0.25, -0.2) is 0 Å². The molecule has 0 aliphatic rings. The number of nitrogens with one attached hydrogen (secondary N) is 1. The van der Waals surface area contributed by atoms with Gasteiger partial charge in [0.25, 0.3) is 0 Å². The first-order valence-corrected chi connectivity index (χ1v) is 5.19. The minimum absolute atomic E-state index is 0.00542. The molecule has 88 valence electrons. The van der Waals surface area contributed by atoms with Crippen LogP contribution in [0, 0.1) is 5.92 Å². The number of rotatable bonds is 7. The summed E-state index contributed by atoms with van der Waals surface area (Å²) in [6, 6.07) is 0.00542. The first-order valence-electron chi connectivity index (χ1n) is 5.19. The molecule has 5 nitrogen and oxygen atoms in total. The largest absolute Gasteiger partial charge is 0.481 e. The second kappa shape index (κ2) is 7.23. The Balaban J connectivity index is 3.68. The van der Waals surface area contributed by atoms with Crippen LogP contribution in [0.3, 0.4) is 0 Å². The van der Waals surface area contributed by atoms with Crippen molar-refractivity contribution in [2.24, 2.45) is 11.7 Å². The molecular formula is C10H20N2O3. The fourth-order valence-corrected chi connectivity index (χ4v) is 1.12. The number of hydrogen-bond acceptors (Lipinski definition) is 3. The number of carboxylic acids is 1. The van der Waals surface area contributed by atoms with E-state index in [4.69, 9.17) is 10.8 Å². The third-order valence-corrected chi connectivity index (χ3v) is 2.22. The highest BCUT2D eigenvalue weighted by Crippen LogP contribution is 2.02. The van der Waals surface area contributed by atoms with Crippen molar-refractivity contribution in [1.29, 1.82) is 0 Å². The van der Waals surface area contributed by atoms with Gasteiger partial charge in [-0.2, -0.15) is 0 Å². The molecule has 0 saturated heterocycles. The van der Waals surface area contributed by atoms with Crippen LogP contribution in [0.4, 0.5) is 0 Å². The molecule has 0 radical (unpaired) electrons. The average Bonchev–Trinajstić information content (AvgIpc) is 2.15. The van der Waals surface area contributed by atoms with Crippen LogP contribution >= 0.6 is 0 Å². The Morgan fingerprint density at radius 2 is 2.00 bits per heavy atom. The fraction of sp³-hybridized carbons (Fsp3) is 0.800. The van der Waals surface area contributed by atoms with Gasteiger partial charge in [-0.15, -0.1) is 0 Å². The molecule has 15 heavy (non-hydrogen) atoms. The quantitative estimate of drug-likeness (QED) is 0.572. The Bertz CT molecular complexity index is 219. The lowest BCUT2D eigenvalue weighted by atomic mass is 10.1. The summed E-state index contributed by atoms with van der Waals surface area (Å²) in [4.78, 5) is 21.6. The van der Waals surface area contributed by atoms with Gasteiger partial charge in [-0.3, -0.25) is 9.59 Å². The molecule has 0 aliphatic heterocycles. The van der Waals surface area contributed by atoms with E-state index in [0.29, 0.717) is 19.4 Å². The van der Waals surface area contributed by atoms with Crippen LogP contribution in [-0.4, -0.2) is 29.6 Å². The smallest absolute Gasteiger partial charge is 0.303 e. The molecule has 0 saturated carbocycles. The predicted octanol–water partition coefficient (Wildman–Crippen LogP) is 0.341. The minimum atomic E-state index is -0.802. The minimum Gasteiger partial charge on any atom is -0.481 e. The van der Waals surface area contributed by atoms with E-state index in [-0.39, 0.29) is 24.3 Å². The van der Waals surface area contributed by atoms with Crippen molar-refractivity contribution in [2.75, 3.05) is 6.54 Å². The molecule has 0 fully saturated rings. The summed E-state index contributed by atoms with van der Waals surface area (Å²) in [6.07, 6.45) is 1.40. The van der Waals surface area contributed by atoms with Crippen molar-refractivity contribution in [2.45, 2.75) is 39.2 Å². The Morgan fingerprint density at radius 3 is 2.47 bits per heavy atom. The SMILES string of the molecule is CC(CCCC(=O)O)NC(=O)C(C)CN. The normalized spacial score (nSPS) is 14.3. The number of amides is 1. The molecule has 0 rings (SSSR count). The maximum absolute atomic E-state index is 11.4. The van der Waals surface area contributed by atoms with Gasteiger partial charge in [0.05, 0.1) is 0 Å². The maximum Gasteiger partial charge on any atom is 0.303 e. The van der Waals surface area contributed by atoms with Crippen LogP contribution in [0.1, 0.15) is 33.1 Å². The summed E-state index contributed by atoms with van der Waals surface area (Å²) in [5.74, 6) is -1.06. The topological polar surface area (TPSA) is 92.4 Å². The Hall–Kier alpha value is -1.10. The molecule has 2 unspecified atom stereocenters. The average molecular weight is 216 g/mol. The van der Waals surface area contributed by atoms with Crippen molar-refractivity contribution in [3.8, 4) is 0 Å². The van der Waals surface area contributed by atoms with E-state index in [0.717, 1.165) is 0 Å². The van der Waals surface area contributed by atoms with Crippen molar-refractivity contribution in [1.82, 2.24) is 5.32 Å². The lowest BCUT2D eigenvalue weighted by Crippen LogP contribution is -2.38. The number of carbonyl (C=O) groups excluding carboxylic acids is 1. The number of nitrogens with two attached hydrogens (primary N) is 1. The van der Waals surface area contributed by atoms with Crippen LogP contribution in [-0.2, 0) is 9.59 Å². The summed E-state index contributed by atoms with van der Waals surface area (Å²) >= 11 is 0. The van der Waals surface area contributed by atoms with E-state index in [1.165, 1.54) is 0 Å². The van der Waals surface area contributed by atoms with Gasteiger partial charge in [-0.05, 0) is 19.8 Å². The lowest BCUT2D eigenvalue weighted by molar-refractivity contribution is -0.137. The summed E-state index contributed by atoms with van der Waals surface area (Å²) in [7, 11) is 0. The van der Waals surface area contributed by atoms with E-state index in [9.17, 15) is 9.59 Å². The molecule has 2 atom stereocenters. The Kier molecular flexibility index (Phi) is 6.70. The van der Waals surface area contributed by atoms with Crippen molar-refractivity contribution in [3.63, 3.8) is 0 Å². The maximum atomic E-state index is 11.4. The molecule has 0 aromatic heterocycles. The van der Waals surface area contributed by atoms with Gasteiger partial charge in [-0.1, -0.05) is 6.92 Å². The summed E-state index contributed by atoms with van der Waals surface area (Å²) in [6.45, 7) is 3.95. The number of carbonyl (C=O) groups is 2. The summed E-state index contributed by atoms with van der Waals surface area (Å²) < 4.78 is 0. The number of carboxylic acid groups (broad SMARTS) is 1. The molecule has 1 amide bonds. The van der Waals surface area contributed by atoms with Gasteiger partial charge >= 0.3 is 5.97 Å². The third-order valence-electron chi connectivity index (χ3n) is 2.22. The first kappa shape index (κ1) is 13.9. The Morgan fingerprint density at radius 1 is 1.40 bits per heavy atom. The van der Waals surface area contributed by atoms with Crippen LogP contribution in [0.5, 0.6) is 0 Å². The zero-order valence-electron chi connectivity index (χ0n) is 9.32. The van der Waals surface area contributed by atoms with Crippen molar-refractivity contribution >= 4 is 11.9 Å². The first-order chi connectivity index (χ1) is 6.97. The van der Waals surface area contributed by atoms with Gasteiger partial charge in [0.1, 0.15) is 0 Å². The molecule has 4 N–H and O–H groups in total. The zero-order valence-corrected chi connectivity index (χ0v) is 9.32. The standard InChI is InChI=1S/C10H20N2O3/c1-7(6-11)10(15)12-8(2)4-3-5-9(13)14/h7-8H,3-6,11H2,1-2H3,(H,12,15)(H,13,14). The monoisotopic (exact) mass is 216 g/mol. The van der Waals surface area contributed by atoms with Gasteiger partial charge < -0.3 is 16.2 Å². The molecular weight excluding hydrogens is 196 g/mol. The summed E-state index contributed by atoms with van der Waals surface area (Å²) in [5, 5.41) is 11.2. The fourth-order valence-electron chi connectivity index (χ4n) is 1.12. The predicted molar refractivity (Wildman–Crippen MR) is 57.3 cm³/mol. The third kappa shape index (κ3) is 6.90. The second-order valence-corrected chi connectivity index (χ2v) is 3.83. The molecule has 0 heterocycles. The van der Waals surface area contributed by atoms with Gasteiger partial charge in [0.15, 0.2) is 0 Å². The van der Waals surface area contributed by atoms with E-state index in [2.05, 4.69) is 5.32 Å². The van der Waals surface area contributed by atoms with Crippen LogP contribution in [0.15, 0.2) is 0 Å². The molecule has 0 spiro atoms. The lowest BCUT2D eigenvalue weighted by Gasteiger charge is -2.16. The van der Waals surface area contributed by atoms with E-state index in [1.807, 2.05) is 6.92 Å². The highest BCUT2D eigenvalue weighted by atomic mass is 16.4. The van der Waals surface area contributed by atoms with Gasteiger partial charge in [0, 0.05) is 24.9 Å². The van der Waals surface area contributed by atoms with Crippen LogP contribution < -0.4 is 11.1 Å². The highest BCUT2D eigenvalue weighted by molar-refractivity contribution is 5.78. The molecule has 0 aromatic carbocycles. The van der Waals surface area contributed by atoms with Crippen LogP contribution in [0.25, 0.3) is 0 Å². The summed E-state index contributed by atoms with van der Waals surface area (Å²) in [5.41, 5.74) is 5.35. The van der Waals surface area contributed by atoms with Gasteiger partial charge in [0.2, 0.25) is 5.91 Å². The van der Waals surface area contributed by atoms with E-state index < -0.39 is 5.97 Å². The van der Waals surface area contributed by atoms with E-state index in [1.54, 1.807) is 6.92 Å². The highest BCUT2D eigenvalue weighted by Gasteiger charge is 2.13. The van der Waals surface area contributed by atoms with Crippen molar-refractivity contribution < 1.29 is 14.7 Å². The molecule has 0 aliphatic carbocycles. The van der Waals surface area contributed by atoms with E-state index >= 15 is 0 Å². The molecule has 0 aromatic rings. The van der Waals surface area contributed by atoms with Crippen LogP contribution in [0.2, 0.25) is 0 Å². The molecule has 5 heteroatoms. The Labute approximate surface area is 90.0 Å².